The molecule has 0 spiro atoms. The SMILES string of the molecule is CCCCCCCCCC(CCO)(CCO)N(O)CCCCCCCC. The summed E-state index contributed by atoms with van der Waals surface area (Å²) in [5.74, 6) is 0. The van der Waals surface area contributed by atoms with Crippen LogP contribution in [-0.4, -0.2) is 45.8 Å². The van der Waals surface area contributed by atoms with Gasteiger partial charge < -0.3 is 15.4 Å². The average Bonchev–Trinajstić information content (AvgIpc) is 2.63. The number of unbranched alkanes of at least 4 members (excludes halogenated alkanes) is 11. The molecule has 0 aliphatic rings. The Morgan fingerprint density at radius 2 is 1.00 bits per heavy atom. The van der Waals surface area contributed by atoms with E-state index in [4.69, 9.17) is 0 Å². The summed E-state index contributed by atoms with van der Waals surface area (Å²) >= 11 is 0. The lowest BCUT2D eigenvalue weighted by Gasteiger charge is -2.40. The van der Waals surface area contributed by atoms with E-state index in [9.17, 15) is 15.4 Å². The zero-order chi connectivity index (χ0) is 19.5. The average molecular weight is 374 g/mol. The highest BCUT2D eigenvalue weighted by Crippen LogP contribution is 2.30. The Kier molecular flexibility index (Phi) is 18.1. The zero-order valence-electron chi connectivity index (χ0n) is 17.7. The minimum atomic E-state index is -0.462. The van der Waals surface area contributed by atoms with Crippen molar-refractivity contribution >= 4 is 0 Å². The smallest absolute Gasteiger partial charge is 0.0504 e. The molecule has 4 heteroatoms. The van der Waals surface area contributed by atoms with Crippen molar-refractivity contribution in [2.45, 2.75) is 122 Å². The number of hydroxylamine groups is 2. The molecule has 0 saturated carbocycles. The van der Waals surface area contributed by atoms with Crippen LogP contribution in [0.1, 0.15) is 117 Å². The van der Waals surface area contributed by atoms with Gasteiger partial charge in [-0.1, -0.05) is 90.9 Å². The molecule has 0 fully saturated rings. The van der Waals surface area contributed by atoms with Crippen LogP contribution in [0.2, 0.25) is 0 Å². The summed E-state index contributed by atoms with van der Waals surface area (Å²) in [6, 6.07) is 0. The Labute approximate surface area is 162 Å². The van der Waals surface area contributed by atoms with Crippen LogP contribution < -0.4 is 0 Å². The molecule has 0 aromatic heterocycles. The molecule has 3 N–H and O–H groups in total. The third-order valence-electron chi connectivity index (χ3n) is 5.67. The highest BCUT2D eigenvalue weighted by atomic mass is 16.5. The first kappa shape index (κ1) is 25.8. The number of aliphatic hydroxyl groups excluding tert-OH is 2. The predicted octanol–water partition coefficient (Wildman–Crippen LogP) is 5.68. The largest absolute Gasteiger partial charge is 0.396 e. The van der Waals surface area contributed by atoms with Gasteiger partial charge >= 0.3 is 0 Å². The van der Waals surface area contributed by atoms with Gasteiger partial charge in [-0.2, -0.15) is 5.06 Å². The molecule has 0 rings (SSSR count). The van der Waals surface area contributed by atoms with Gasteiger partial charge in [0.2, 0.25) is 0 Å². The van der Waals surface area contributed by atoms with Gasteiger partial charge in [0.05, 0.1) is 5.54 Å². The molecule has 158 valence electrons. The molecule has 0 bridgehead atoms. The van der Waals surface area contributed by atoms with Gasteiger partial charge in [-0.05, 0) is 25.7 Å². The van der Waals surface area contributed by atoms with E-state index >= 15 is 0 Å². The molecule has 0 aromatic carbocycles. The van der Waals surface area contributed by atoms with Crippen molar-refractivity contribution in [2.24, 2.45) is 0 Å². The maximum atomic E-state index is 10.7. The van der Waals surface area contributed by atoms with Gasteiger partial charge in [0.25, 0.3) is 0 Å². The highest BCUT2D eigenvalue weighted by Gasteiger charge is 2.34. The molecule has 0 unspecified atom stereocenters. The Balaban J connectivity index is 4.31. The van der Waals surface area contributed by atoms with Gasteiger partial charge in [0.15, 0.2) is 0 Å². The third kappa shape index (κ3) is 12.3. The van der Waals surface area contributed by atoms with E-state index in [-0.39, 0.29) is 13.2 Å². The second-order valence-electron chi connectivity index (χ2n) is 7.93. The summed E-state index contributed by atoms with van der Waals surface area (Å²) in [7, 11) is 0. The van der Waals surface area contributed by atoms with Crippen molar-refractivity contribution in [2.75, 3.05) is 19.8 Å². The minimum Gasteiger partial charge on any atom is -0.396 e. The van der Waals surface area contributed by atoms with E-state index in [0.717, 1.165) is 25.7 Å². The maximum absolute atomic E-state index is 10.7. The van der Waals surface area contributed by atoms with E-state index < -0.39 is 5.54 Å². The van der Waals surface area contributed by atoms with E-state index in [1.54, 1.807) is 0 Å². The minimum absolute atomic E-state index is 0.0596. The quantitative estimate of drug-likeness (QED) is 0.190. The number of hydrogen-bond donors (Lipinski definition) is 3. The van der Waals surface area contributed by atoms with Crippen LogP contribution in [0.5, 0.6) is 0 Å². The molecular formula is C22H47NO3. The van der Waals surface area contributed by atoms with Crippen molar-refractivity contribution in [3.63, 3.8) is 0 Å². The number of rotatable bonds is 20. The summed E-state index contributed by atoms with van der Waals surface area (Å²) in [5.41, 5.74) is -0.462. The molecule has 0 aliphatic heterocycles. The van der Waals surface area contributed by atoms with Gasteiger partial charge in [0, 0.05) is 19.8 Å². The number of nitrogens with zero attached hydrogens (tertiary/aromatic N) is 1. The molecule has 0 amide bonds. The third-order valence-corrected chi connectivity index (χ3v) is 5.67. The molecule has 0 radical (unpaired) electrons. The Morgan fingerprint density at radius 1 is 0.577 bits per heavy atom. The fraction of sp³-hybridized carbons (Fsp3) is 1.00. The fourth-order valence-electron chi connectivity index (χ4n) is 3.87. The van der Waals surface area contributed by atoms with E-state index in [1.165, 1.54) is 69.3 Å². The first-order valence-corrected chi connectivity index (χ1v) is 11.3. The van der Waals surface area contributed by atoms with Crippen LogP contribution in [0.4, 0.5) is 0 Å². The molecule has 0 atom stereocenters. The lowest BCUT2D eigenvalue weighted by Crippen LogP contribution is -2.48. The van der Waals surface area contributed by atoms with Crippen molar-refractivity contribution in [3.8, 4) is 0 Å². The second-order valence-corrected chi connectivity index (χ2v) is 7.93. The summed E-state index contributed by atoms with van der Waals surface area (Å²) in [5, 5.41) is 31.2. The molecule has 0 heterocycles. The molecular weight excluding hydrogens is 326 g/mol. The first-order chi connectivity index (χ1) is 12.7. The van der Waals surface area contributed by atoms with Crippen LogP contribution in [0.3, 0.4) is 0 Å². The van der Waals surface area contributed by atoms with Crippen LogP contribution in [0.15, 0.2) is 0 Å². The van der Waals surface area contributed by atoms with Crippen molar-refractivity contribution < 1.29 is 15.4 Å². The monoisotopic (exact) mass is 373 g/mol. The predicted molar refractivity (Wildman–Crippen MR) is 111 cm³/mol. The van der Waals surface area contributed by atoms with Gasteiger partial charge in [-0.15, -0.1) is 0 Å². The summed E-state index contributed by atoms with van der Waals surface area (Å²) < 4.78 is 0. The van der Waals surface area contributed by atoms with E-state index in [2.05, 4.69) is 13.8 Å². The van der Waals surface area contributed by atoms with E-state index in [1.807, 2.05) is 0 Å². The van der Waals surface area contributed by atoms with E-state index in [0.29, 0.717) is 19.4 Å². The Morgan fingerprint density at radius 3 is 1.46 bits per heavy atom. The zero-order valence-corrected chi connectivity index (χ0v) is 17.7. The molecule has 0 aliphatic carbocycles. The summed E-state index contributed by atoms with van der Waals surface area (Å²) in [6.07, 6.45) is 17.8. The van der Waals surface area contributed by atoms with Crippen molar-refractivity contribution in [3.05, 3.63) is 0 Å². The molecule has 4 nitrogen and oxygen atoms in total. The maximum Gasteiger partial charge on any atom is 0.0504 e. The Hall–Kier alpha value is -0.160. The topological polar surface area (TPSA) is 63.9 Å². The number of hydrogen-bond acceptors (Lipinski definition) is 4. The summed E-state index contributed by atoms with van der Waals surface area (Å²) in [4.78, 5) is 0. The van der Waals surface area contributed by atoms with Crippen LogP contribution in [0.25, 0.3) is 0 Å². The van der Waals surface area contributed by atoms with Crippen molar-refractivity contribution in [1.29, 1.82) is 0 Å². The standard InChI is InChI=1S/C22H47NO3/c1-3-5-7-9-11-12-14-16-22(17-20-24,18-21-25)23(26)19-15-13-10-8-6-4-2/h24-26H,3-21H2,1-2H3. The first-order valence-electron chi connectivity index (χ1n) is 11.3. The lowest BCUT2D eigenvalue weighted by molar-refractivity contribution is -0.189. The highest BCUT2D eigenvalue weighted by molar-refractivity contribution is 4.87. The molecule has 0 saturated heterocycles. The Bertz CT molecular complexity index is 281. The van der Waals surface area contributed by atoms with Crippen LogP contribution in [0, 0.1) is 0 Å². The molecule has 0 aromatic rings. The van der Waals surface area contributed by atoms with Crippen LogP contribution in [-0.2, 0) is 0 Å². The lowest BCUT2D eigenvalue weighted by atomic mass is 9.85. The summed E-state index contributed by atoms with van der Waals surface area (Å²) in [6.45, 7) is 5.21. The van der Waals surface area contributed by atoms with Crippen LogP contribution >= 0.6 is 0 Å². The van der Waals surface area contributed by atoms with Gasteiger partial charge in [-0.25, -0.2) is 0 Å². The molecule has 26 heavy (non-hydrogen) atoms. The second kappa shape index (κ2) is 18.2. The van der Waals surface area contributed by atoms with Gasteiger partial charge in [-0.3, -0.25) is 0 Å². The normalized spacial score (nSPS) is 12.2. The number of aliphatic hydroxyl groups is 2. The van der Waals surface area contributed by atoms with Gasteiger partial charge in [0.1, 0.15) is 0 Å². The fourth-order valence-corrected chi connectivity index (χ4v) is 3.87. The van der Waals surface area contributed by atoms with Crippen molar-refractivity contribution in [1.82, 2.24) is 5.06 Å².